The van der Waals surface area contributed by atoms with Crippen LogP contribution in [0.3, 0.4) is 0 Å². The Labute approximate surface area is 150 Å². The fourth-order valence-corrected chi connectivity index (χ4v) is 1.75. The average molecular weight is 418 g/mol. The van der Waals surface area contributed by atoms with Gasteiger partial charge in [0.2, 0.25) is 5.91 Å². The van der Waals surface area contributed by atoms with E-state index in [1.165, 1.54) is 5.56 Å². The van der Waals surface area contributed by atoms with Crippen molar-refractivity contribution >= 4 is 35.8 Å². The van der Waals surface area contributed by atoms with Crippen molar-refractivity contribution in [3.8, 4) is 0 Å². The number of halogens is 1. The monoisotopic (exact) mass is 418 g/mol. The maximum Gasteiger partial charge on any atom is 0.239 e. The topological polar surface area (TPSA) is 65.5 Å². The number of guanidine groups is 1. The Morgan fingerprint density at radius 2 is 1.77 bits per heavy atom. The molecule has 1 aromatic rings. The molecule has 0 radical (unpaired) electrons. The zero-order chi connectivity index (χ0) is 15.7. The third kappa shape index (κ3) is 9.59. The molecular formula is C16H27IN4O. The normalized spacial score (nSPS) is 11.4. The highest BCUT2D eigenvalue weighted by Crippen LogP contribution is 1.98. The van der Waals surface area contributed by atoms with Crippen LogP contribution in [0.4, 0.5) is 0 Å². The number of nitrogens with zero attached hydrogens (tertiary/aromatic N) is 1. The third-order valence-corrected chi connectivity index (χ3v) is 2.71. The first-order valence-electron chi connectivity index (χ1n) is 7.20. The van der Waals surface area contributed by atoms with E-state index in [0.717, 1.165) is 6.42 Å². The lowest BCUT2D eigenvalue weighted by molar-refractivity contribution is -0.119. The van der Waals surface area contributed by atoms with Crippen LogP contribution in [0.1, 0.15) is 26.3 Å². The van der Waals surface area contributed by atoms with Crippen LogP contribution in [0.5, 0.6) is 0 Å². The van der Waals surface area contributed by atoms with Crippen LogP contribution in [0.25, 0.3) is 0 Å². The maximum atomic E-state index is 11.8. The Morgan fingerprint density at radius 3 is 2.32 bits per heavy atom. The molecule has 0 saturated carbocycles. The van der Waals surface area contributed by atoms with Gasteiger partial charge in [-0.25, -0.2) is 0 Å². The number of carbonyl (C=O) groups excluding carboxylic acids is 1. The summed E-state index contributed by atoms with van der Waals surface area (Å²) >= 11 is 0. The van der Waals surface area contributed by atoms with Crippen LogP contribution >= 0.6 is 24.0 Å². The minimum Gasteiger partial charge on any atom is -0.354 e. The van der Waals surface area contributed by atoms with E-state index >= 15 is 0 Å². The van der Waals surface area contributed by atoms with Crippen molar-refractivity contribution in [1.29, 1.82) is 0 Å². The largest absolute Gasteiger partial charge is 0.354 e. The van der Waals surface area contributed by atoms with Gasteiger partial charge in [0.05, 0.1) is 6.54 Å². The van der Waals surface area contributed by atoms with E-state index in [1.807, 2.05) is 39.0 Å². The SMILES string of the molecule is CN=C(NCC(=O)NCCc1ccccc1)NC(C)(C)C.I. The highest BCUT2D eigenvalue weighted by atomic mass is 127. The zero-order valence-electron chi connectivity index (χ0n) is 13.8. The van der Waals surface area contributed by atoms with Crippen molar-refractivity contribution in [3.63, 3.8) is 0 Å². The lowest BCUT2D eigenvalue weighted by Gasteiger charge is -2.23. The Hall–Kier alpha value is -1.31. The van der Waals surface area contributed by atoms with E-state index in [1.54, 1.807) is 7.05 Å². The molecule has 0 spiro atoms. The minimum absolute atomic E-state index is 0. The van der Waals surface area contributed by atoms with E-state index in [4.69, 9.17) is 0 Å². The van der Waals surface area contributed by atoms with Crippen molar-refractivity contribution in [2.75, 3.05) is 20.1 Å². The molecular weight excluding hydrogens is 391 g/mol. The molecule has 124 valence electrons. The highest BCUT2D eigenvalue weighted by Gasteiger charge is 2.12. The first-order valence-corrected chi connectivity index (χ1v) is 7.20. The van der Waals surface area contributed by atoms with Gasteiger partial charge in [-0.2, -0.15) is 0 Å². The predicted octanol–water partition coefficient (Wildman–Crippen LogP) is 1.93. The van der Waals surface area contributed by atoms with Gasteiger partial charge in [0.15, 0.2) is 5.96 Å². The summed E-state index contributed by atoms with van der Waals surface area (Å²) < 4.78 is 0. The van der Waals surface area contributed by atoms with Gasteiger partial charge in [0, 0.05) is 19.1 Å². The number of hydrogen-bond donors (Lipinski definition) is 3. The maximum absolute atomic E-state index is 11.8. The smallest absolute Gasteiger partial charge is 0.239 e. The van der Waals surface area contributed by atoms with Gasteiger partial charge in [-0.1, -0.05) is 30.3 Å². The lowest BCUT2D eigenvalue weighted by Crippen LogP contribution is -2.50. The summed E-state index contributed by atoms with van der Waals surface area (Å²) in [6.07, 6.45) is 0.835. The molecule has 0 aliphatic carbocycles. The van der Waals surface area contributed by atoms with Crippen molar-refractivity contribution in [2.45, 2.75) is 32.7 Å². The summed E-state index contributed by atoms with van der Waals surface area (Å²) in [6, 6.07) is 10.1. The summed E-state index contributed by atoms with van der Waals surface area (Å²) in [7, 11) is 1.69. The van der Waals surface area contributed by atoms with E-state index in [0.29, 0.717) is 12.5 Å². The molecule has 1 rings (SSSR count). The number of aliphatic imine (C=N–C) groups is 1. The number of rotatable bonds is 5. The number of nitrogens with one attached hydrogen (secondary N) is 3. The second kappa shape index (κ2) is 10.4. The predicted molar refractivity (Wildman–Crippen MR) is 103 cm³/mol. The van der Waals surface area contributed by atoms with Gasteiger partial charge >= 0.3 is 0 Å². The molecule has 5 nitrogen and oxygen atoms in total. The average Bonchev–Trinajstić information content (AvgIpc) is 2.43. The highest BCUT2D eigenvalue weighted by molar-refractivity contribution is 14.0. The number of hydrogen-bond acceptors (Lipinski definition) is 2. The van der Waals surface area contributed by atoms with Gasteiger partial charge in [-0.05, 0) is 32.8 Å². The molecule has 0 heterocycles. The molecule has 0 bridgehead atoms. The van der Waals surface area contributed by atoms with E-state index in [9.17, 15) is 4.79 Å². The fraction of sp³-hybridized carbons (Fsp3) is 0.500. The summed E-state index contributed by atoms with van der Waals surface area (Å²) in [5.41, 5.74) is 1.13. The van der Waals surface area contributed by atoms with E-state index in [2.05, 4.69) is 33.1 Å². The third-order valence-electron chi connectivity index (χ3n) is 2.71. The van der Waals surface area contributed by atoms with Gasteiger partial charge in [-0.15, -0.1) is 24.0 Å². The second-order valence-corrected chi connectivity index (χ2v) is 5.89. The molecule has 0 aliphatic heterocycles. The molecule has 1 amide bonds. The molecule has 6 heteroatoms. The lowest BCUT2D eigenvalue weighted by atomic mass is 10.1. The molecule has 1 aromatic carbocycles. The fourth-order valence-electron chi connectivity index (χ4n) is 1.75. The first-order chi connectivity index (χ1) is 9.90. The van der Waals surface area contributed by atoms with Crippen LogP contribution in [0.15, 0.2) is 35.3 Å². The second-order valence-electron chi connectivity index (χ2n) is 5.89. The molecule has 22 heavy (non-hydrogen) atoms. The standard InChI is InChI=1S/C16H26N4O.HI/c1-16(2,3)20-15(17-4)19-12-14(21)18-11-10-13-8-6-5-7-9-13;/h5-9H,10-12H2,1-4H3,(H,18,21)(H2,17,19,20);1H. The van der Waals surface area contributed by atoms with Crippen molar-refractivity contribution in [1.82, 2.24) is 16.0 Å². The molecule has 0 atom stereocenters. The summed E-state index contributed by atoms with van der Waals surface area (Å²) in [6.45, 7) is 6.97. The van der Waals surface area contributed by atoms with Crippen LogP contribution < -0.4 is 16.0 Å². The van der Waals surface area contributed by atoms with Crippen LogP contribution in [-0.4, -0.2) is 37.5 Å². The van der Waals surface area contributed by atoms with Crippen LogP contribution in [0, 0.1) is 0 Å². The molecule has 0 fully saturated rings. The van der Waals surface area contributed by atoms with Gasteiger partial charge in [0.25, 0.3) is 0 Å². The summed E-state index contributed by atoms with van der Waals surface area (Å²) in [5.74, 6) is 0.587. The Morgan fingerprint density at radius 1 is 1.14 bits per heavy atom. The Balaban J connectivity index is 0.00000441. The van der Waals surface area contributed by atoms with Gasteiger partial charge < -0.3 is 16.0 Å². The van der Waals surface area contributed by atoms with Gasteiger partial charge in [0.1, 0.15) is 0 Å². The number of benzene rings is 1. The Bertz CT molecular complexity index is 469. The first kappa shape index (κ1) is 20.7. The summed E-state index contributed by atoms with van der Waals surface area (Å²) in [4.78, 5) is 15.9. The Kier molecular flexibility index (Phi) is 9.80. The molecule has 0 saturated heterocycles. The molecule has 0 aromatic heterocycles. The van der Waals surface area contributed by atoms with Gasteiger partial charge in [-0.3, -0.25) is 9.79 Å². The van der Waals surface area contributed by atoms with Crippen LogP contribution in [-0.2, 0) is 11.2 Å². The van der Waals surface area contributed by atoms with Crippen molar-refractivity contribution in [2.24, 2.45) is 4.99 Å². The minimum atomic E-state index is -0.0916. The molecule has 3 N–H and O–H groups in total. The van der Waals surface area contributed by atoms with Crippen molar-refractivity contribution < 1.29 is 4.79 Å². The number of carbonyl (C=O) groups is 1. The van der Waals surface area contributed by atoms with Crippen molar-refractivity contribution in [3.05, 3.63) is 35.9 Å². The van der Waals surface area contributed by atoms with E-state index < -0.39 is 0 Å². The quantitative estimate of drug-likeness (QED) is 0.389. The molecule has 0 aliphatic rings. The summed E-state index contributed by atoms with van der Waals surface area (Å²) in [5, 5.41) is 9.09. The zero-order valence-corrected chi connectivity index (χ0v) is 16.1. The van der Waals surface area contributed by atoms with Crippen LogP contribution in [0.2, 0.25) is 0 Å². The van der Waals surface area contributed by atoms with E-state index in [-0.39, 0.29) is 42.0 Å². The molecule has 0 unspecified atom stereocenters. The number of amides is 1.